The number of aryl methyl sites for hydroxylation is 1. The molecule has 0 spiro atoms. The summed E-state index contributed by atoms with van der Waals surface area (Å²) >= 11 is 0. The first-order chi connectivity index (χ1) is 13.1. The van der Waals surface area contributed by atoms with Crippen molar-refractivity contribution in [1.82, 2.24) is 20.0 Å². The smallest absolute Gasteiger partial charge is 0.253 e. The molecule has 0 radical (unpaired) electrons. The van der Waals surface area contributed by atoms with Crippen molar-refractivity contribution in [2.75, 3.05) is 18.4 Å². The van der Waals surface area contributed by atoms with Gasteiger partial charge in [-0.2, -0.15) is 4.98 Å². The number of nitrogens with zero attached hydrogens (tertiary/aromatic N) is 4. The highest BCUT2D eigenvalue weighted by molar-refractivity contribution is 5.94. The second kappa shape index (κ2) is 7.43. The predicted octanol–water partition coefficient (Wildman–Crippen LogP) is 0.960. The average molecular weight is 371 g/mol. The number of likely N-dealkylation sites (tertiary alicyclic amines) is 1. The van der Waals surface area contributed by atoms with Crippen molar-refractivity contribution in [2.24, 2.45) is 5.92 Å². The van der Waals surface area contributed by atoms with Gasteiger partial charge < -0.3 is 19.5 Å². The van der Waals surface area contributed by atoms with Crippen LogP contribution in [-0.2, 0) is 20.7 Å². The summed E-state index contributed by atoms with van der Waals surface area (Å²) in [5.41, 5.74) is 0.646. The zero-order valence-corrected chi connectivity index (χ0v) is 15.0. The average Bonchev–Trinajstić information content (AvgIpc) is 3.27. The zero-order chi connectivity index (χ0) is 18.8. The summed E-state index contributed by atoms with van der Waals surface area (Å²) in [6.45, 7) is 2.84. The number of carbonyl (C=O) groups is 2. The molecule has 9 heteroatoms. The van der Waals surface area contributed by atoms with E-state index in [0.29, 0.717) is 36.9 Å². The van der Waals surface area contributed by atoms with Crippen LogP contribution in [0.1, 0.15) is 24.6 Å². The Kier molecular flexibility index (Phi) is 4.85. The summed E-state index contributed by atoms with van der Waals surface area (Å²) in [5.74, 6) is 0.878. The van der Waals surface area contributed by atoms with Crippen molar-refractivity contribution in [3.05, 3.63) is 36.2 Å². The number of nitrogens with one attached hydrogen (secondary N) is 1. The van der Waals surface area contributed by atoms with Gasteiger partial charge in [0.2, 0.25) is 11.8 Å². The maximum absolute atomic E-state index is 12.5. The van der Waals surface area contributed by atoms with Gasteiger partial charge in [0.15, 0.2) is 5.82 Å². The summed E-state index contributed by atoms with van der Waals surface area (Å²) in [6, 6.07) is 3.55. The van der Waals surface area contributed by atoms with Crippen molar-refractivity contribution in [1.29, 1.82) is 0 Å². The second-order valence-corrected chi connectivity index (χ2v) is 6.93. The number of hydrogen-bond acceptors (Lipinski definition) is 7. The Morgan fingerprint density at radius 2 is 2.30 bits per heavy atom. The van der Waals surface area contributed by atoms with E-state index in [1.807, 2.05) is 0 Å². The van der Waals surface area contributed by atoms with Gasteiger partial charge >= 0.3 is 0 Å². The van der Waals surface area contributed by atoms with Crippen LogP contribution in [0.5, 0.6) is 0 Å². The van der Waals surface area contributed by atoms with E-state index in [1.54, 1.807) is 36.4 Å². The first-order valence-corrected chi connectivity index (χ1v) is 9.02. The number of anilines is 1. The SMILES string of the molecule is Cc1noc(CC(=O)N2CC[C@H]3C[C@H](C(=O)Nc4cccnc4)O[C@H]3C2)n1. The van der Waals surface area contributed by atoms with E-state index in [0.717, 1.165) is 6.42 Å². The van der Waals surface area contributed by atoms with Gasteiger partial charge in [-0.1, -0.05) is 5.16 Å². The molecule has 2 amide bonds. The molecule has 2 aliphatic rings. The lowest BCUT2D eigenvalue weighted by Gasteiger charge is -2.33. The van der Waals surface area contributed by atoms with Gasteiger partial charge in [0.25, 0.3) is 5.91 Å². The van der Waals surface area contributed by atoms with Crippen molar-refractivity contribution < 1.29 is 18.8 Å². The number of amides is 2. The first kappa shape index (κ1) is 17.6. The van der Waals surface area contributed by atoms with E-state index >= 15 is 0 Å². The van der Waals surface area contributed by atoms with Crippen molar-refractivity contribution in [3.63, 3.8) is 0 Å². The molecule has 0 saturated carbocycles. The third kappa shape index (κ3) is 3.97. The number of aromatic nitrogens is 3. The number of rotatable bonds is 4. The number of pyridine rings is 1. The Labute approximate surface area is 156 Å². The molecule has 2 fully saturated rings. The summed E-state index contributed by atoms with van der Waals surface area (Å²) in [5, 5.41) is 6.53. The minimum atomic E-state index is -0.506. The fourth-order valence-corrected chi connectivity index (χ4v) is 3.64. The minimum absolute atomic E-state index is 0.0658. The molecule has 0 unspecified atom stereocenters. The Bertz CT molecular complexity index is 824. The number of piperidine rings is 1. The number of carbonyl (C=O) groups excluding carboxylic acids is 2. The molecule has 0 aromatic carbocycles. The summed E-state index contributed by atoms with van der Waals surface area (Å²) in [7, 11) is 0. The van der Waals surface area contributed by atoms with Crippen LogP contribution in [0, 0.1) is 12.8 Å². The largest absolute Gasteiger partial charge is 0.363 e. The lowest BCUT2D eigenvalue weighted by atomic mass is 9.91. The van der Waals surface area contributed by atoms with E-state index < -0.39 is 6.10 Å². The number of ether oxygens (including phenoxy) is 1. The fourth-order valence-electron chi connectivity index (χ4n) is 3.64. The van der Waals surface area contributed by atoms with Crippen LogP contribution in [0.4, 0.5) is 5.69 Å². The molecule has 0 bridgehead atoms. The molecule has 2 aromatic rings. The van der Waals surface area contributed by atoms with Crippen molar-refractivity contribution in [2.45, 2.75) is 38.4 Å². The molecular weight excluding hydrogens is 350 g/mol. The highest BCUT2D eigenvalue weighted by atomic mass is 16.5. The predicted molar refractivity (Wildman–Crippen MR) is 93.6 cm³/mol. The normalized spacial score (nSPS) is 24.5. The van der Waals surface area contributed by atoms with Crippen LogP contribution >= 0.6 is 0 Å². The Morgan fingerprint density at radius 1 is 1.41 bits per heavy atom. The molecule has 4 rings (SSSR count). The van der Waals surface area contributed by atoms with Crippen LogP contribution in [0.25, 0.3) is 0 Å². The molecule has 2 saturated heterocycles. The van der Waals surface area contributed by atoms with E-state index in [-0.39, 0.29) is 30.3 Å². The van der Waals surface area contributed by atoms with Gasteiger partial charge in [0.05, 0.1) is 18.0 Å². The molecular formula is C18H21N5O4. The monoisotopic (exact) mass is 371 g/mol. The van der Waals surface area contributed by atoms with Crippen LogP contribution in [0.15, 0.2) is 29.0 Å². The van der Waals surface area contributed by atoms with E-state index in [9.17, 15) is 9.59 Å². The quantitative estimate of drug-likeness (QED) is 0.852. The summed E-state index contributed by atoms with van der Waals surface area (Å²) in [6.07, 6.45) is 4.18. The molecule has 9 nitrogen and oxygen atoms in total. The van der Waals surface area contributed by atoms with Gasteiger partial charge in [-0.3, -0.25) is 14.6 Å². The molecule has 142 valence electrons. The maximum Gasteiger partial charge on any atom is 0.253 e. The van der Waals surface area contributed by atoms with E-state index in [4.69, 9.17) is 9.26 Å². The minimum Gasteiger partial charge on any atom is -0.363 e. The van der Waals surface area contributed by atoms with Gasteiger partial charge in [-0.05, 0) is 37.8 Å². The maximum atomic E-state index is 12.5. The Hall–Kier alpha value is -2.81. The number of fused-ring (bicyclic) bond motifs is 1. The third-order valence-electron chi connectivity index (χ3n) is 5.00. The molecule has 27 heavy (non-hydrogen) atoms. The molecule has 1 N–H and O–H groups in total. The molecule has 2 aliphatic heterocycles. The second-order valence-electron chi connectivity index (χ2n) is 6.93. The molecule has 4 heterocycles. The molecule has 3 atom stereocenters. The first-order valence-electron chi connectivity index (χ1n) is 9.02. The lowest BCUT2D eigenvalue weighted by Crippen LogP contribution is -2.46. The van der Waals surface area contributed by atoms with Gasteiger partial charge in [0, 0.05) is 19.3 Å². The van der Waals surface area contributed by atoms with Crippen LogP contribution in [0.2, 0.25) is 0 Å². The van der Waals surface area contributed by atoms with Crippen molar-refractivity contribution >= 4 is 17.5 Å². The summed E-state index contributed by atoms with van der Waals surface area (Å²) < 4.78 is 11.0. The van der Waals surface area contributed by atoms with Gasteiger partial charge in [-0.25, -0.2) is 0 Å². The van der Waals surface area contributed by atoms with E-state index in [2.05, 4.69) is 20.4 Å². The van der Waals surface area contributed by atoms with E-state index in [1.165, 1.54) is 0 Å². The lowest BCUT2D eigenvalue weighted by molar-refractivity contribution is -0.136. The van der Waals surface area contributed by atoms with Crippen LogP contribution in [-0.4, -0.2) is 57.1 Å². The highest BCUT2D eigenvalue weighted by Gasteiger charge is 2.42. The van der Waals surface area contributed by atoms with Gasteiger partial charge in [0.1, 0.15) is 12.5 Å². The van der Waals surface area contributed by atoms with Crippen LogP contribution in [0.3, 0.4) is 0 Å². The summed E-state index contributed by atoms with van der Waals surface area (Å²) in [4.78, 5) is 34.7. The standard InChI is InChI=1S/C18H21N5O4/c1-11-20-16(27-22-11)8-17(24)23-6-4-12-7-14(26-15(12)10-23)18(25)21-13-3-2-5-19-9-13/h2-3,5,9,12,14-15H,4,6-8,10H2,1H3,(H,21,25)/t12-,14+,15-/m0/s1. The van der Waals surface area contributed by atoms with Crippen LogP contribution < -0.4 is 5.32 Å². The Morgan fingerprint density at radius 3 is 3.04 bits per heavy atom. The topological polar surface area (TPSA) is 110 Å². The highest BCUT2D eigenvalue weighted by Crippen LogP contribution is 2.34. The Balaban J connectivity index is 1.32. The van der Waals surface area contributed by atoms with Gasteiger partial charge in [-0.15, -0.1) is 0 Å². The molecule has 2 aromatic heterocycles. The zero-order valence-electron chi connectivity index (χ0n) is 15.0. The molecule has 0 aliphatic carbocycles. The third-order valence-corrected chi connectivity index (χ3v) is 5.00. The van der Waals surface area contributed by atoms with Crippen molar-refractivity contribution in [3.8, 4) is 0 Å². The fraction of sp³-hybridized carbons (Fsp3) is 0.500. The number of hydrogen-bond donors (Lipinski definition) is 1.